The van der Waals surface area contributed by atoms with Crippen molar-refractivity contribution in [3.63, 3.8) is 0 Å². The van der Waals surface area contributed by atoms with Crippen molar-refractivity contribution < 1.29 is 4.79 Å². The van der Waals surface area contributed by atoms with Crippen molar-refractivity contribution >= 4 is 5.91 Å². The Balaban J connectivity index is 2.04. The van der Waals surface area contributed by atoms with E-state index in [0.717, 1.165) is 6.54 Å². The van der Waals surface area contributed by atoms with Gasteiger partial charge in [-0.2, -0.15) is 0 Å². The largest absolute Gasteiger partial charge is 0.336 e. The quantitative estimate of drug-likeness (QED) is 0.781. The van der Waals surface area contributed by atoms with Crippen molar-refractivity contribution in [2.75, 3.05) is 0 Å². The molecule has 17 heavy (non-hydrogen) atoms. The molecule has 1 aromatic carbocycles. The molecule has 1 aliphatic carbocycles. The maximum absolute atomic E-state index is 11.8. The number of hydrogen-bond acceptors (Lipinski definition) is 1. The second-order valence-corrected chi connectivity index (χ2v) is 4.92. The molecule has 2 rings (SSSR count). The van der Waals surface area contributed by atoms with E-state index in [0.29, 0.717) is 6.04 Å². The molecule has 0 radical (unpaired) electrons. The Bertz CT molecular complexity index is 354. The van der Waals surface area contributed by atoms with Gasteiger partial charge in [-0.05, 0) is 18.4 Å². The van der Waals surface area contributed by atoms with Gasteiger partial charge < -0.3 is 4.90 Å². The van der Waals surface area contributed by atoms with Gasteiger partial charge in [-0.3, -0.25) is 4.79 Å². The minimum Gasteiger partial charge on any atom is -0.336 e. The smallest absolute Gasteiger partial charge is 0.219 e. The van der Waals surface area contributed by atoms with Crippen LogP contribution in [0.5, 0.6) is 0 Å². The summed E-state index contributed by atoms with van der Waals surface area (Å²) in [5, 5.41) is 0. The molecule has 1 aromatic rings. The summed E-state index contributed by atoms with van der Waals surface area (Å²) < 4.78 is 0. The molecule has 1 aliphatic rings. The van der Waals surface area contributed by atoms with Gasteiger partial charge in [-0.15, -0.1) is 0 Å². The molecule has 92 valence electrons. The van der Waals surface area contributed by atoms with Crippen LogP contribution in [-0.2, 0) is 11.3 Å². The van der Waals surface area contributed by atoms with E-state index in [9.17, 15) is 4.79 Å². The SMILES string of the molecule is CC(=O)N(Cc1ccccc1)C1CCCCC1. The van der Waals surface area contributed by atoms with Crippen LogP contribution in [0.2, 0.25) is 0 Å². The first-order valence-electron chi connectivity index (χ1n) is 6.58. The molecule has 0 aliphatic heterocycles. The van der Waals surface area contributed by atoms with Crippen molar-refractivity contribution in [2.24, 2.45) is 0 Å². The number of nitrogens with zero attached hydrogens (tertiary/aromatic N) is 1. The molecule has 0 bridgehead atoms. The molecule has 0 atom stereocenters. The van der Waals surface area contributed by atoms with Crippen LogP contribution in [0, 0.1) is 0 Å². The maximum Gasteiger partial charge on any atom is 0.219 e. The fourth-order valence-electron chi connectivity index (χ4n) is 2.67. The Labute approximate surface area is 104 Å². The zero-order valence-electron chi connectivity index (χ0n) is 10.6. The Morgan fingerprint density at radius 1 is 1.18 bits per heavy atom. The highest BCUT2D eigenvalue weighted by Crippen LogP contribution is 2.24. The summed E-state index contributed by atoms with van der Waals surface area (Å²) in [5.74, 6) is 0.209. The van der Waals surface area contributed by atoms with Crippen molar-refractivity contribution in [3.8, 4) is 0 Å². The van der Waals surface area contributed by atoms with Gasteiger partial charge >= 0.3 is 0 Å². The molecule has 1 amide bonds. The van der Waals surface area contributed by atoms with E-state index in [4.69, 9.17) is 0 Å². The summed E-state index contributed by atoms with van der Waals surface area (Å²) in [4.78, 5) is 13.8. The summed E-state index contributed by atoms with van der Waals surface area (Å²) in [6.45, 7) is 2.46. The van der Waals surface area contributed by atoms with E-state index in [1.165, 1.54) is 37.7 Å². The molecule has 0 saturated heterocycles. The van der Waals surface area contributed by atoms with E-state index in [1.807, 2.05) is 18.2 Å². The first kappa shape index (κ1) is 12.2. The van der Waals surface area contributed by atoms with Gasteiger partial charge in [0.1, 0.15) is 0 Å². The number of hydrogen-bond donors (Lipinski definition) is 0. The third kappa shape index (κ3) is 3.32. The number of amides is 1. The van der Waals surface area contributed by atoms with E-state index < -0.39 is 0 Å². The van der Waals surface area contributed by atoms with E-state index in [2.05, 4.69) is 17.0 Å². The monoisotopic (exact) mass is 231 g/mol. The summed E-state index contributed by atoms with van der Waals surface area (Å²) in [6, 6.07) is 10.7. The zero-order chi connectivity index (χ0) is 12.1. The molecular weight excluding hydrogens is 210 g/mol. The molecule has 2 nitrogen and oxygen atoms in total. The fourth-order valence-corrected chi connectivity index (χ4v) is 2.67. The van der Waals surface area contributed by atoms with Crippen LogP contribution in [-0.4, -0.2) is 16.8 Å². The standard InChI is InChI=1S/C15H21NO/c1-13(17)16(15-10-6-3-7-11-15)12-14-8-4-2-5-9-14/h2,4-5,8-9,15H,3,6-7,10-12H2,1H3. The minimum atomic E-state index is 0.209. The lowest BCUT2D eigenvalue weighted by Gasteiger charge is -2.33. The highest BCUT2D eigenvalue weighted by molar-refractivity contribution is 5.73. The van der Waals surface area contributed by atoms with Gasteiger partial charge in [0.25, 0.3) is 0 Å². The van der Waals surface area contributed by atoms with Crippen molar-refractivity contribution in [2.45, 2.75) is 51.6 Å². The second-order valence-electron chi connectivity index (χ2n) is 4.92. The Morgan fingerprint density at radius 2 is 1.82 bits per heavy atom. The lowest BCUT2D eigenvalue weighted by molar-refractivity contribution is -0.132. The van der Waals surface area contributed by atoms with E-state index >= 15 is 0 Å². The summed E-state index contributed by atoms with van der Waals surface area (Å²) in [5.41, 5.74) is 1.23. The van der Waals surface area contributed by atoms with Crippen LogP contribution in [0.1, 0.15) is 44.6 Å². The molecule has 0 spiro atoms. The third-order valence-corrected chi connectivity index (χ3v) is 3.62. The van der Waals surface area contributed by atoms with Crippen LogP contribution >= 0.6 is 0 Å². The summed E-state index contributed by atoms with van der Waals surface area (Å²) in [6.07, 6.45) is 6.21. The predicted octanol–water partition coefficient (Wildman–Crippen LogP) is 3.37. The molecule has 0 aromatic heterocycles. The number of benzene rings is 1. The topological polar surface area (TPSA) is 20.3 Å². The minimum absolute atomic E-state index is 0.209. The number of rotatable bonds is 3. The summed E-state index contributed by atoms with van der Waals surface area (Å²) >= 11 is 0. The van der Waals surface area contributed by atoms with Crippen LogP contribution in [0.25, 0.3) is 0 Å². The second kappa shape index (κ2) is 5.85. The molecule has 0 heterocycles. The van der Waals surface area contributed by atoms with E-state index in [-0.39, 0.29) is 5.91 Å². The molecule has 0 unspecified atom stereocenters. The number of carbonyl (C=O) groups is 1. The lowest BCUT2D eigenvalue weighted by Crippen LogP contribution is -2.39. The van der Waals surface area contributed by atoms with Gasteiger partial charge in [0.05, 0.1) is 0 Å². The first-order chi connectivity index (χ1) is 8.27. The highest BCUT2D eigenvalue weighted by atomic mass is 16.2. The van der Waals surface area contributed by atoms with Crippen molar-refractivity contribution in [1.29, 1.82) is 0 Å². The Kier molecular flexibility index (Phi) is 4.18. The average molecular weight is 231 g/mol. The van der Waals surface area contributed by atoms with Gasteiger partial charge in [0.15, 0.2) is 0 Å². The normalized spacial score (nSPS) is 16.8. The van der Waals surface area contributed by atoms with Crippen LogP contribution in [0.3, 0.4) is 0 Å². The molecule has 1 saturated carbocycles. The molecule has 0 N–H and O–H groups in total. The highest BCUT2D eigenvalue weighted by Gasteiger charge is 2.22. The molecule has 2 heteroatoms. The molecular formula is C15H21NO. The summed E-state index contributed by atoms with van der Waals surface area (Å²) in [7, 11) is 0. The zero-order valence-corrected chi connectivity index (χ0v) is 10.6. The number of carbonyl (C=O) groups excluding carboxylic acids is 1. The lowest BCUT2D eigenvalue weighted by atomic mass is 9.94. The fraction of sp³-hybridized carbons (Fsp3) is 0.533. The van der Waals surface area contributed by atoms with Crippen molar-refractivity contribution in [3.05, 3.63) is 35.9 Å². The van der Waals surface area contributed by atoms with Gasteiger partial charge in [-0.25, -0.2) is 0 Å². The molecule has 1 fully saturated rings. The van der Waals surface area contributed by atoms with Crippen LogP contribution < -0.4 is 0 Å². The third-order valence-electron chi connectivity index (χ3n) is 3.62. The Morgan fingerprint density at radius 3 is 2.41 bits per heavy atom. The maximum atomic E-state index is 11.8. The first-order valence-corrected chi connectivity index (χ1v) is 6.58. The Hall–Kier alpha value is -1.31. The van der Waals surface area contributed by atoms with E-state index in [1.54, 1.807) is 6.92 Å². The predicted molar refractivity (Wildman–Crippen MR) is 69.5 cm³/mol. The van der Waals surface area contributed by atoms with Crippen molar-refractivity contribution in [1.82, 2.24) is 4.90 Å². The van der Waals surface area contributed by atoms with Crippen LogP contribution in [0.15, 0.2) is 30.3 Å². The average Bonchev–Trinajstić information content (AvgIpc) is 2.38. The van der Waals surface area contributed by atoms with Gasteiger partial charge in [0.2, 0.25) is 5.91 Å². The van der Waals surface area contributed by atoms with Gasteiger partial charge in [0, 0.05) is 19.5 Å². The van der Waals surface area contributed by atoms with Gasteiger partial charge in [-0.1, -0.05) is 49.6 Å². The van der Waals surface area contributed by atoms with Crippen LogP contribution in [0.4, 0.5) is 0 Å².